The number of aryl methyl sites for hydroxylation is 1. The third-order valence-electron chi connectivity index (χ3n) is 7.90. The molecule has 46 heavy (non-hydrogen) atoms. The van der Waals surface area contributed by atoms with E-state index in [0.29, 0.717) is 6.07 Å². The first-order valence-electron chi connectivity index (χ1n) is 13.9. The average molecular weight is 662 g/mol. The lowest BCUT2D eigenvalue weighted by Gasteiger charge is -2.44. The van der Waals surface area contributed by atoms with Crippen LogP contribution in [0.25, 0.3) is 28.0 Å². The van der Waals surface area contributed by atoms with Gasteiger partial charge < -0.3 is 9.80 Å². The van der Waals surface area contributed by atoms with Crippen molar-refractivity contribution in [2.45, 2.75) is 43.9 Å². The summed E-state index contributed by atoms with van der Waals surface area (Å²) in [6.07, 6.45) is -3.04. The molecule has 2 aromatic carbocycles. The molecule has 1 saturated heterocycles. The van der Waals surface area contributed by atoms with Crippen LogP contribution < -0.4 is 10.6 Å². The fourth-order valence-electron chi connectivity index (χ4n) is 5.77. The third kappa shape index (κ3) is 5.63. The molecule has 5 rings (SSSR count). The molecule has 0 radical (unpaired) electrons. The van der Waals surface area contributed by atoms with Gasteiger partial charge in [0.1, 0.15) is 17.3 Å². The lowest BCUT2D eigenvalue weighted by Crippen LogP contribution is -2.58. The normalized spacial score (nSPS) is 17.4. The summed E-state index contributed by atoms with van der Waals surface area (Å²) in [5, 5.41) is -0.156. The summed E-state index contributed by atoms with van der Waals surface area (Å²) in [5.41, 5.74) is -5.18. The first-order valence-corrected chi connectivity index (χ1v) is 15.8. The Balaban J connectivity index is 1.90. The first kappa shape index (κ1) is 32.7. The summed E-state index contributed by atoms with van der Waals surface area (Å²) >= 11 is 0. The number of piperazine rings is 1. The summed E-state index contributed by atoms with van der Waals surface area (Å²) < 4.78 is 99.6. The van der Waals surface area contributed by atoms with Crippen molar-refractivity contribution in [3.8, 4) is 16.9 Å². The number of anilines is 1. The van der Waals surface area contributed by atoms with Gasteiger partial charge in [0, 0.05) is 31.4 Å². The first-order chi connectivity index (χ1) is 21.4. The van der Waals surface area contributed by atoms with Gasteiger partial charge in [0.2, 0.25) is 5.91 Å². The van der Waals surface area contributed by atoms with Crippen LogP contribution in [0.15, 0.2) is 64.8 Å². The molecule has 9 nitrogen and oxygen atoms in total. The quantitative estimate of drug-likeness (QED) is 0.217. The Morgan fingerprint density at radius 1 is 1.02 bits per heavy atom. The zero-order valence-electron chi connectivity index (χ0n) is 25.1. The number of sulfone groups is 1. The number of hydrogen-bond acceptors (Lipinski definition) is 7. The second kappa shape index (κ2) is 11.6. The Kier molecular flexibility index (Phi) is 8.26. The largest absolute Gasteiger partial charge is 0.417 e. The van der Waals surface area contributed by atoms with E-state index in [1.807, 2.05) is 0 Å². The molecule has 2 atom stereocenters. The fourth-order valence-corrected chi connectivity index (χ4v) is 6.70. The van der Waals surface area contributed by atoms with E-state index in [9.17, 15) is 31.2 Å². The maximum Gasteiger partial charge on any atom is 0.417 e. The van der Waals surface area contributed by atoms with Gasteiger partial charge in [-0.15, -0.1) is 0 Å². The number of hydrogen-bond donors (Lipinski definition) is 0. The van der Waals surface area contributed by atoms with Crippen LogP contribution in [0, 0.1) is 18.6 Å². The Morgan fingerprint density at radius 3 is 2.33 bits per heavy atom. The van der Waals surface area contributed by atoms with Crippen molar-refractivity contribution in [3.05, 3.63) is 88.4 Å². The summed E-state index contributed by atoms with van der Waals surface area (Å²) in [6.45, 7) is 8.75. The zero-order chi connectivity index (χ0) is 33.9. The minimum absolute atomic E-state index is 0.0988. The van der Waals surface area contributed by atoms with Crippen molar-refractivity contribution in [1.82, 2.24) is 19.4 Å². The van der Waals surface area contributed by atoms with Gasteiger partial charge in [-0.05, 0) is 56.7 Å². The van der Waals surface area contributed by atoms with Crippen molar-refractivity contribution < 1.29 is 35.2 Å². The standard InChI is InChI=1S/C31H28F5N5O4S/c1-6-24(42)39-14-18(4)40(15-17(39)3)28-19-13-22(33)26(25-20(31(34,35)36)10-8-11-21(25)32)37-29(19)41(30(43)38-28)27-16(2)9-7-12-23(27)46(5,44)45/h6-13,17-18H,1,14-15H2,2-5H3/t17-,18+/m1/s1. The number of fused-ring (bicyclic) bond motifs is 1. The van der Waals surface area contributed by atoms with E-state index in [4.69, 9.17) is 0 Å². The van der Waals surface area contributed by atoms with Crippen molar-refractivity contribution in [2.75, 3.05) is 24.2 Å². The van der Waals surface area contributed by atoms with Crippen LogP contribution in [0.4, 0.5) is 27.8 Å². The van der Waals surface area contributed by atoms with Crippen LogP contribution >= 0.6 is 0 Å². The topological polar surface area (TPSA) is 105 Å². The Labute approximate surface area is 260 Å². The molecule has 1 aliphatic heterocycles. The summed E-state index contributed by atoms with van der Waals surface area (Å²) in [7, 11) is -4.01. The molecule has 0 N–H and O–H groups in total. The lowest BCUT2D eigenvalue weighted by atomic mass is 10.0. The Bertz CT molecular complexity index is 2080. The van der Waals surface area contributed by atoms with Crippen molar-refractivity contribution in [1.29, 1.82) is 0 Å². The van der Waals surface area contributed by atoms with E-state index in [-0.39, 0.29) is 46.3 Å². The molecule has 15 heteroatoms. The molecule has 3 heterocycles. The average Bonchev–Trinajstić information content (AvgIpc) is 2.96. The zero-order valence-corrected chi connectivity index (χ0v) is 25.9. The van der Waals surface area contributed by atoms with Crippen molar-refractivity contribution in [2.24, 2.45) is 0 Å². The number of carbonyl (C=O) groups is 1. The number of aromatic nitrogens is 3. The molecule has 0 aliphatic carbocycles. The maximum atomic E-state index is 16.0. The Morgan fingerprint density at radius 2 is 1.70 bits per heavy atom. The van der Waals surface area contributed by atoms with Gasteiger partial charge in [0.15, 0.2) is 21.3 Å². The number of rotatable bonds is 5. The van der Waals surface area contributed by atoms with E-state index >= 15 is 8.78 Å². The van der Waals surface area contributed by atoms with E-state index in [1.165, 1.54) is 25.1 Å². The number of amides is 1. The van der Waals surface area contributed by atoms with Crippen molar-refractivity contribution >= 4 is 32.6 Å². The molecule has 1 amide bonds. The van der Waals surface area contributed by atoms with Gasteiger partial charge in [-0.25, -0.2) is 31.5 Å². The second-order valence-electron chi connectivity index (χ2n) is 11.1. The predicted molar refractivity (Wildman–Crippen MR) is 162 cm³/mol. The van der Waals surface area contributed by atoms with Gasteiger partial charge >= 0.3 is 11.9 Å². The SMILES string of the molecule is C=CC(=O)N1C[C@H](C)N(c2nc(=O)n(-c3c(C)cccc3S(C)(=O)=O)c3nc(-c4c(F)cccc4C(F)(F)F)c(F)cc23)C[C@H]1C. The maximum absolute atomic E-state index is 16.0. The number of halogens is 5. The highest BCUT2D eigenvalue weighted by molar-refractivity contribution is 7.90. The third-order valence-corrected chi connectivity index (χ3v) is 9.03. The monoisotopic (exact) mass is 661 g/mol. The number of pyridine rings is 1. The van der Waals surface area contributed by atoms with Crippen LogP contribution in [-0.2, 0) is 20.8 Å². The molecule has 0 saturated carbocycles. The van der Waals surface area contributed by atoms with Crippen LogP contribution in [0.1, 0.15) is 25.0 Å². The van der Waals surface area contributed by atoms with Gasteiger partial charge in [0.25, 0.3) is 0 Å². The molecule has 1 fully saturated rings. The number of para-hydroxylation sites is 1. The number of carbonyl (C=O) groups excluding carboxylic acids is 1. The van der Waals surface area contributed by atoms with Crippen LogP contribution in [-0.4, -0.2) is 65.2 Å². The van der Waals surface area contributed by atoms with Gasteiger partial charge in [-0.3, -0.25) is 4.79 Å². The summed E-state index contributed by atoms with van der Waals surface area (Å²) in [5.74, 6) is -3.19. The molecule has 4 aromatic rings. The second-order valence-corrected chi connectivity index (χ2v) is 13.1. The predicted octanol–water partition coefficient (Wildman–Crippen LogP) is 5.07. The van der Waals surface area contributed by atoms with E-state index in [0.717, 1.165) is 35.1 Å². The minimum Gasteiger partial charge on any atom is -0.349 e. The molecule has 242 valence electrons. The summed E-state index contributed by atoms with van der Waals surface area (Å²) in [4.78, 5) is 37.6. The molecular formula is C31H28F5N5O4S. The van der Waals surface area contributed by atoms with E-state index < -0.39 is 67.9 Å². The Hall–Kier alpha value is -4.66. The fraction of sp³-hybridized carbons (Fsp3) is 0.290. The molecule has 2 aromatic heterocycles. The van der Waals surface area contributed by atoms with Gasteiger partial charge in [-0.1, -0.05) is 24.8 Å². The molecule has 0 spiro atoms. The van der Waals surface area contributed by atoms with E-state index in [1.54, 1.807) is 23.6 Å². The number of nitrogens with zero attached hydrogens (tertiary/aromatic N) is 5. The number of alkyl halides is 3. The van der Waals surface area contributed by atoms with Crippen LogP contribution in [0.2, 0.25) is 0 Å². The van der Waals surface area contributed by atoms with Crippen LogP contribution in [0.3, 0.4) is 0 Å². The highest BCUT2D eigenvalue weighted by Gasteiger charge is 2.38. The lowest BCUT2D eigenvalue weighted by molar-refractivity contribution is -0.137. The minimum atomic E-state index is -5.10. The van der Waals surface area contributed by atoms with Gasteiger partial charge in [0.05, 0.1) is 27.1 Å². The molecular weight excluding hydrogens is 633 g/mol. The molecule has 1 aliphatic rings. The summed E-state index contributed by atoms with van der Waals surface area (Å²) in [6, 6.07) is 6.16. The number of benzene rings is 2. The van der Waals surface area contributed by atoms with Gasteiger partial charge in [-0.2, -0.15) is 18.2 Å². The highest BCUT2D eigenvalue weighted by atomic mass is 32.2. The smallest absolute Gasteiger partial charge is 0.349 e. The van der Waals surface area contributed by atoms with Crippen LogP contribution in [0.5, 0.6) is 0 Å². The molecule has 0 bridgehead atoms. The van der Waals surface area contributed by atoms with E-state index in [2.05, 4.69) is 16.5 Å². The molecule has 0 unspecified atom stereocenters. The highest BCUT2D eigenvalue weighted by Crippen LogP contribution is 2.40. The van der Waals surface area contributed by atoms with Crippen molar-refractivity contribution in [3.63, 3.8) is 0 Å².